The lowest BCUT2D eigenvalue weighted by atomic mass is 10.0. The highest BCUT2D eigenvalue weighted by Gasteiger charge is 1.98. The third-order valence-electron chi connectivity index (χ3n) is 8.88. The largest absolute Gasteiger partial charge is 0.379 e. The Balaban J connectivity index is 3.05. The molecule has 0 aromatic carbocycles. The Morgan fingerprint density at radius 3 is 0.446 bits per heavy atom. The maximum atomic E-state index is 5.69. The summed E-state index contributed by atoms with van der Waals surface area (Å²) in [6, 6.07) is 0. The number of unbranched alkanes of at least 4 members (excludes halogenated alkanes) is 16. The van der Waals surface area contributed by atoms with Gasteiger partial charge in [-0.15, -0.1) is 0 Å². The fourth-order valence-corrected chi connectivity index (χ4v) is 5.55. The van der Waals surface area contributed by atoms with Crippen LogP contribution in [0, 0.1) is 0 Å². The molecule has 0 fully saturated rings. The van der Waals surface area contributed by atoms with Crippen LogP contribution in [0.4, 0.5) is 0 Å². The average Bonchev–Trinajstić information content (AvgIpc) is 3.21. The lowest BCUT2D eigenvalue weighted by Gasteiger charge is -2.09. The van der Waals surface area contributed by atoms with Gasteiger partial charge >= 0.3 is 0 Å². The van der Waals surface area contributed by atoms with E-state index in [4.69, 9.17) is 56.8 Å². The Labute approximate surface area is 344 Å². The van der Waals surface area contributed by atoms with E-state index in [1.165, 1.54) is 103 Å². The van der Waals surface area contributed by atoms with Crippen LogP contribution in [-0.4, -0.2) is 159 Å². The summed E-state index contributed by atoms with van der Waals surface area (Å²) >= 11 is 0. The SMILES string of the molecule is CCCCCCCCCCCCCCCCOCCOCCOCCOCCOCCOCCOCCOCCOCCOCCOCCOCCCCCC. The monoisotopic (exact) mass is 811 g/mol. The van der Waals surface area contributed by atoms with Gasteiger partial charge in [-0.3, -0.25) is 0 Å². The predicted molar refractivity (Wildman–Crippen MR) is 224 cm³/mol. The van der Waals surface area contributed by atoms with Crippen LogP contribution in [0.25, 0.3) is 0 Å². The zero-order valence-corrected chi connectivity index (χ0v) is 36.6. The van der Waals surface area contributed by atoms with E-state index in [-0.39, 0.29) is 0 Å². The molecule has 0 unspecified atom stereocenters. The van der Waals surface area contributed by atoms with E-state index < -0.39 is 0 Å². The summed E-state index contributed by atoms with van der Waals surface area (Å²) in [7, 11) is 0. The van der Waals surface area contributed by atoms with Gasteiger partial charge in [-0.05, 0) is 12.8 Å². The minimum atomic E-state index is 0.522. The lowest BCUT2D eigenvalue weighted by Crippen LogP contribution is -2.15. The number of hydrogen-bond acceptors (Lipinski definition) is 12. The summed E-state index contributed by atoms with van der Waals surface area (Å²) in [6.45, 7) is 18.4. The molecule has 0 heterocycles. The van der Waals surface area contributed by atoms with Crippen molar-refractivity contribution in [3.05, 3.63) is 0 Å². The van der Waals surface area contributed by atoms with Gasteiger partial charge in [0.05, 0.1) is 145 Å². The fourth-order valence-electron chi connectivity index (χ4n) is 5.55. The third kappa shape index (κ3) is 53.5. The molecule has 12 heteroatoms. The van der Waals surface area contributed by atoms with Crippen molar-refractivity contribution in [1.29, 1.82) is 0 Å². The van der Waals surface area contributed by atoms with E-state index in [0.29, 0.717) is 145 Å². The Morgan fingerprint density at radius 1 is 0.143 bits per heavy atom. The molecule has 0 aromatic heterocycles. The summed E-state index contributed by atoms with van der Waals surface area (Å²) < 4.78 is 66.5. The maximum absolute atomic E-state index is 5.69. The molecule has 0 atom stereocenters. The molecule has 0 radical (unpaired) electrons. The summed E-state index contributed by atoms with van der Waals surface area (Å²) in [5.74, 6) is 0. The van der Waals surface area contributed by atoms with Gasteiger partial charge in [-0.2, -0.15) is 0 Å². The molecule has 0 saturated carbocycles. The Hall–Kier alpha value is -0.480. The first-order valence-corrected chi connectivity index (χ1v) is 22.8. The second kappa shape index (κ2) is 54.5. The average molecular weight is 811 g/mol. The highest BCUT2D eigenvalue weighted by atomic mass is 16.6. The minimum absolute atomic E-state index is 0.522. The Kier molecular flexibility index (Phi) is 54.1. The van der Waals surface area contributed by atoms with Crippen molar-refractivity contribution < 1.29 is 56.8 Å². The molecule has 0 rings (SSSR count). The van der Waals surface area contributed by atoms with Crippen LogP contribution >= 0.6 is 0 Å². The molecular weight excluding hydrogens is 720 g/mol. The lowest BCUT2D eigenvalue weighted by molar-refractivity contribution is -0.0284. The van der Waals surface area contributed by atoms with Crippen LogP contribution in [0.5, 0.6) is 0 Å². The van der Waals surface area contributed by atoms with Gasteiger partial charge in [-0.1, -0.05) is 117 Å². The molecular formula is C44H90O12. The zero-order valence-electron chi connectivity index (χ0n) is 36.6. The third-order valence-corrected chi connectivity index (χ3v) is 8.88. The summed E-state index contributed by atoms with van der Waals surface area (Å²) in [4.78, 5) is 0. The maximum Gasteiger partial charge on any atom is 0.0701 e. The molecule has 0 aliphatic carbocycles. The normalized spacial score (nSPS) is 11.7. The van der Waals surface area contributed by atoms with E-state index in [1.54, 1.807) is 0 Å². The first-order valence-electron chi connectivity index (χ1n) is 22.8. The highest BCUT2D eigenvalue weighted by molar-refractivity contribution is 4.50. The Bertz CT molecular complexity index is 610. The van der Waals surface area contributed by atoms with E-state index in [9.17, 15) is 0 Å². The van der Waals surface area contributed by atoms with Crippen LogP contribution in [0.15, 0.2) is 0 Å². The highest BCUT2D eigenvalue weighted by Crippen LogP contribution is 2.13. The number of rotatable bonds is 53. The van der Waals surface area contributed by atoms with Crippen molar-refractivity contribution in [2.24, 2.45) is 0 Å². The molecule has 0 spiro atoms. The molecule has 0 bridgehead atoms. The molecule has 0 saturated heterocycles. The van der Waals surface area contributed by atoms with Crippen molar-refractivity contribution in [3.63, 3.8) is 0 Å². The standard InChI is InChI=1S/C44H90O12/c1-3-5-7-9-10-11-12-13-14-15-16-17-18-20-22-46-24-26-48-28-30-50-32-34-52-36-38-54-40-42-56-44-43-55-41-39-53-37-35-51-33-31-49-29-27-47-25-23-45-21-19-8-6-4-2/h3-44H2,1-2H3. The van der Waals surface area contributed by atoms with Crippen LogP contribution in [0.2, 0.25) is 0 Å². The summed E-state index contributed by atoms with van der Waals surface area (Å²) in [5, 5.41) is 0. The van der Waals surface area contributed by atoms with Crippen LogP contribution < -0.4 is 0 Å². The van der Waals surface area contributed by atoms with E-state index in [0.717, 1.165) is 26.1 Å². The molecule has 56 heavy (non-hydrogen) atoms. The minimum Gasteiger partial charge on any atom is -0.379 e. The van der Waals surface area contributed by atoms with Gasteiger partial charge in [0.2, 0.25) is 0 Å². The van der Waals surface area contributed by atoms with Crippen LogP contribution in [-0.2, 0) is 56.8 Å². The van der Waals surface area contributed by atoms with Crippen LogP contribution in [0.1, 0.15) is 129 Å². The fraction of sp³-hybridized carbons (Fsp3) is 1.00. The smallest absolute Gasteiger partial charge is 0.0701 e. The summed E-state index contributed by atoms with van der Waals surface area (Å²) in [5.41, 5.74) is 0. The summed E-state index contributed by atoms with van der Waals surface area (Å²) in [6.07, 6.45) is 24.2. The van der Waals surface area contributed by atoms with Gasteiger partial charge in [0, 0.05) is 13.2 Å². The number of hydrogen-bond donors (Lipinski definition) is 0. The van der Waals surface area contributed by atoms with E-state index >= 15 is 0 Å². The molecule has 0 amide bonds. The van der Waals surface area contributed by atoms with Gasteiger partial charge < -0.3 is 56.8 Å². The first kappa shape index (κ1) is 55.5. The van der Waals surface area contributed by atoms with Gasteiger partial charge in [0.15, 0.2) is 0 Å². The quantitative estimate of drug-likeness (QED) is 0.0552. The number of ether oxygens (including phenoxy) is 12. The van der Waals surface area contributed by atoms with Gasteiger partial charge in [0.25, 0.3) is 0 Å². The molecule has 0 aliphatic heterocycles. The van der Waals surface area contributed by atoms with E-state index in [1.807, 2.05) is 0 Å². The second-order valence-electron chi connectivity index (χ2n) is 14.0. The first-order chi connectivity index (χ1) is 27.9. The second-order valence-corrected chi connectivity index (χ2v) is 14.0. The molecule has 12 nitrogen and oxygen atoms in total. The van der Waals surface area contributed by atoms with Crippen molar-refractivity contribution in [2.75, 3.05) is 159 Å². The van der Waals surface area contributed by atoms with Crippen molar-refractivity contribution in [2.45, 2.75) is 129 Å². The van der Waals surface area contributed by atoms with Crippen molar-refractivity contribution in [1.82, 2.24) is 0 Å². The molecule has 0 aromatic rings. The Morgan fingerprint density at radius 2 is 0.268 bits per heavy atom. The predicted octanol–water partition coefficient (Wildman–Crippen LogP) is 8.25. The van der Waals surface area contributed by atoms with Gasteiger partial charge in [0.1, 0.15) is 0 Å². The van der Waals surface area contributed by atoms with Crippen LogP contribution in [0.3, 0.4) is 0 Å². The molecule has 338 valence electrons. The van der Waals surface area contributed by atoms with Gasteiger partial charge in [-0.25, -0.2) is 0 Å². The van der Waals surface area contributed by atoms with E-state index in [2.05, 4.69) is 13.8 Å². The van der Waals surface area contributed by atoms with Crippen molar-refractivity contribution >= 4 is 0 Å². The van der Waals surface area contributed by atoms with Crippen molar-refractivity contribution in [3.8, 4) is 0 Å². The molecule has 0 N–H and O–H groups in total. The topological polar surface area (TPSA) is 111 Å². The molecule has 0 aliphatic rings. The zero-order chi connectivity index (χ0) is 40.2.